The van der Waals surface area contributed by atoms with Gasteiger partial charge in [0, 0.05) is 45.9 Å². The van der Waals surface area contributed by atoms with Crippen LogP contribution < -0.4 is 0 Å². The van der Waals surface area contributed by atoms with Crippen molar-refractivity contribution in [2.24, 2.45) is 0 Å². The molecule has 0 aliphatic heterocycles. The molecule has 4 aromatic heterocycles. The number of fused-ring (bicyclic) bond motifs is 4. The third-order valence-electron chi connectivity index (χ3n) is 7.76. The van der Waals surface area contributed by atoms with Gasteiger partial charge in [0.15, 0.2) is 0 Å². The maximum absolute atomic E-state index is 4.88. The van der Waals surface area contributed by atoms with Crippen molar-refractivity contribution in [3.63, 3.8) is 0 Å². The molecule has 5 nitrogen and oxygen atoms in total. The Morgan fingerprint density at radius 3 is 2.26 bits per heavy atom. The third kappa shape index (κ3) is 4.16. The van der Waals surface area contributed by atoms with Gasteiger partial charge in [0.25, 0.3) is 0 Å². The van der Waals surface area contributed by atoms with E-state index in [1.54, 1.807) is 6.20 Å². The average molecular weight is 538 g/mol. The van der Waals surface area contributed by atoms with Crippen LogP contribution in [-0.4, -0.2) is 25.1 Å². The molecular formula is C37H23N5. The van der Waals surface area contributed by atoms with Gasteiger partial charge in [-0.1, -0.05) is 66.7 Å². The van der Waals surface area contributed by atoms with Gasteiger partial charge in [-0.2, -0.15) is 10.2 Å². The lowest BCUT2D eigenvalue weighted by Gasteiger charge is -2.16. The molecule has 0 radical (unpaired) electrons. The van der Waals surface area contributed by atoms with Gasteiger partial charge in [-0.05, 0) is 76.3 Å². The summed E-state index contributed by atoms with van der Waals surface area (Å²) in [7, 11) is 0. The molecule has 0 atom stereocenters. The quantitative estimate of drug-likeness (QED) is 0.210. The van der Waals surface area contributed by atoms with E-state index in [-0.39, 0.29) is 0 Å². The number of benzene rings is 4. The van der Waals surface area contributed by atoms with E-state index in [2.05, 4.69) is 93.0 Å². The number of rotatable bonds is 4. The van der Waals surface area contributed by atoms with E-state index >= 15 is 0 Å². The van der Waals surface area contributed by atoms with Crippen molar-refractivity contribution < 1.29 is 0 Å². The molecule has 0 unspecified atom stereocenters. The summed E-state index contributed by atoms with van der Waals surface area (Å²) in [4.78, 5) is 14.1. The van der Waals surface area contributed by atoms with Gasteiger partial charge in [0.1, 0.15) is 0 Å². The van der Waals surface area contributed by atoms with Crippen molar-refractivity contribution in [3.8, 4) is 44.6 Å². The summed E-state index contributed by atoms with van der Waals surface area (Å²) in [5, 5.41) is 11.7. The Morgan fingerprint density at radius 1 is 0.429 bits per heavy atom. The van der Waals surface area contributed by atoms with Crippen molar-refractivity contribution in [3.05, 3.63) is 140 Å². The average Bonchev–Trinajstić information content (AvgIpc) is 3.08. The fraction of sp³-hybridized carbons (Fsp3) is 0. The summed E-state index contributed by atoms with van der Waals surface area (Å²) >= 11 is 0. The number of nitrogens with zero attached hydrogens (tertiary/aromatic N) is 5. The maximum atomic E-state index is 4.88. The van der Waals surface area contributed by atoms with E-state index < -0.39 is 0 Å². The Labute approximate surface area is 242 Å². The highest BCUT2D eigenvalue weighted by Gasteiger charge is 2.15. The molecule has 0 saturated carbocycles. The van der Waals surface area contributed by atoms with Gasteiger partial charge >= 0.3 is 0 Å². The molecule has 4 heterocycles. The first kappa shape index (κ1) is 24.0. The van der Waals surface area contributed by atoms with Gasteiger partial charge in [0.2, 0.25) is 0 Å². The summed E-state index contributed by atoms with van der Waals surface area (Å²) in [5.74, 6) is 0. The Morgan fingerprint density at radius 2 is 1.31 bits per heavy atom. The zero-order valence-electron chi connectivity index (χ0n) is 22.5. The second-order valence-electron chi connectivity index (χ2n) is 10.3. The highest BCUT2D eigenvalue weighted by molar-refractivity contribution is 6.04. The first-order chi connectivity index (χ1) is 20.8. The molecular weight excluding hydrogens is 514 g/mol. The van der Waals surface area contributed by atoms with Crippen LogP contribution in [0, 0.1) is 0 Å². The van der Waals surface area contributed by atoms with E-state index in [4.69, 9.17) is 4.98 Å². The minimum atomic E-state index is 0.867. The summed E-state index contributed by atoms with van der Waals surface area (Å²) < 4.78 is 0. The number of hydrogen-bond donors (Lipinski definition) is 0. The lowest BCUT2D eigenvalue weighted by Crippen LogP contribution is -1.92. The number of pyridine rings is 3. The van der Waals surface area contributed by atoms with Crippen LogP contribution in [0.4, 0.5) is 0 Å². The van der Waals surface area contributed by atoms with E-state index in [0.717, 1.165) is 77.3 Å². The molecule has 0 N–H and O–H groups in total. The van der Waals surface area contributed by atoms with Crippen molar-refractivity contribution in [2.45, 2.75) is 0 Å². The second-order valence-corrected chi connectivity index (χ2v) is 10.3. The molecule has 0 amide bonds. The zero-order valence-corrected chi connectivity index (χ0v) is 22.5. The highest BCUT2D eigenvalue weighted by Crippen LogP contribution is 2.39. The molecule has 42 heavy (non-hydrogen) atoms. The molecule has 0 aliphatic carbocycles. The normalized spacial score (nSPS) is 11.3. The van der Waals surface area contributed by atoms with Crippen LogP contribution in [0.2, 0.25) is 0 Å². The molecule has 4 aromatic carbocycles. The van der Waals surface area contributed by atoms with E-state index in [1.807, 2.05) is 61.1 Å². The second kappa shape index (κ2) is 9.98. The topological polar surface area (TPSA) is 64.5 Å². The predicted octanol–water partition coefficient (Wildman–Crippen LogP) is 8.79. The van der Waals surface area contributed by atoms with Crippen LogP contribution in [0.25, 0.3) is 77.3 Å². The first-order valence-corrected chi connectivity index (χ1v) is 13.8. The molecule has 0 fully saturated rings. The Kier molecular flexibility index (Phi) is 5.71. The lowest BCUT2D eigenvalue weighted by atomic mass is 9.89. The fourth-order valence-corrected chi connectivity index (χ4v) is 5.72. The summed E-state index contributed by atoms with van der Waals surface area (Å²) in [6, 6.07) is 39.9. The molecule has 0 spiro atoms. The van der Waals surface area contributed by atoms with Crippen molar-refractivity contribution in [2.75, 3.05) is 0 Å². The monoisotopic (exact) mass is 537 g/mol. The molecule has 0 saturated heterocycles. The standard InChI is InChI=1S/C37H23N5/c1-2-17-38-34(10-1)27-7-3-6-26(20-27)33-22-25(14-15-31(33)30-9-4-11-35-32(30)16-19-41-42-35)29-21-28-13-12-24-8-5-18-39-36(24)37(28)40-23-29/h1-23H. The largest absolute Gasteiger partial charge is 0.256 e. The predicted molar refractivity (Wildman–Crippen MR) is 170 cm³/mol. The van der Waals surface area contributed by atoms with Crippen LogP contribution >= 0.6 is 0 Å². The highest BCUT2D eigenvalue weighted by atomic mass is 15.1. The van der Waals surface area contributed by atoms with E-state index in [0.29, 0.717) is 0 Å². The van der Waals surface area contributed by atoms with Crippen LogP contribution in [0.5, 0.6) is 0 Å². The Hall–Kier alpha value is -5.81. The summed E-state index contributed by atoms with van der Waals surface area (Å²) in [5.41, 5.74) is 11.3. The molecule has 196 valence electrons. The molecule has 5 heteroatoms. The minimum absolute atomic E-state index is 0.867. The Balaban J connectivity index is 1.34. The van der Waals surface area contributed by atoms with Gasteiger partial charge in [-0.25, -0.2) is 0 Å². The maximum Gasteiger partial charge on any atom is 0.0964 e. The zero-order chi connectivity index (χ0) is 27.9. The molecule has 8 rings (SSSR count). The van der Waals surface area contributed by atoms with Gasteiger partial charge < -0.3 is 0 Å². The van der Waals surface area contributed by atoms with Crippen molar-refractivity contribution in [1.29, 1.82) is 0 Å². The molecule has 8 aromatic rings. The molecule has 0 aliphatic rings. The van der Waals surface area contributed by atoms with Gasteiger partial charge in [-0.15, -0.1) is 0 Å². The SMILES string of the molecule is c1ccc(-c2cccc(-c3cc(-c4cnc5c(ccc6cccnc65)c4)ccc3-c3cccc4nnccc34)c2)nc1. The lowest BCUT2D eigenvalue weighted by molar-refractivity contribution is 1.08. The minimum Gasteiger partial charge on any atom is -0.256 e. The number of aromatic nitrogens is 5. The smallest absolute Gasteiger partial charge is 0.0964 e. The summed E-state index contributed by atoms with van der Waals surface area (Å²) in [6.45, 7) is 0. The Bertz CT molecular complexity index is 2260. The fourth-order valence-electron chi connectivity index (χ4n) is 5.72. The first-order valence-electron chi connectivity index (χ1n) is 13.8. The van der Waals surface area contributed by atoms with Crippen LogP contribution in [0.3, 0.4) is 0 Å². The number of hydrogen-bond acceptors (Lipinski definition) is 5. The van der Waals surface area contributed by atoms with Crippen molar-refractivity contribution >= 4 is 32.7 Å². The van der Waals surface area contributed by atoms with Gasteiger partial charge in [-0.3, -0.25) is 15.0 Å². The van der Waals surface area contributed by atoms with Crippen molar-refractivity contribution in [1.82, 2.24) is 25.1 Å². The van der Waals surface area contributed by atoms with Gasteiger partial charge in [0.05, 0.1) is 28.4 Å². The summed E-state index contributed by atoms with van der Waals surface area (Å²) in [6.07, 6.45) is 7.35. The van der Waals surface area contributed by atoms with Crippen LogP contribution in [0.1, 0.15) is 0 Å². The van der Waals surface area contributed by atoms with Crippen LogP contribution in [-0.2, 0) is 0 Å². The van der Waals surface area contributed by atoms with E-state index in [9.17, 15) is 0 Å². The molecule has 0 bridgehead atoms. The van der Waals surface area contributed by atoms with E-state index in [1.165, 1.54) is 0 Å². The third-order valence-corrected chi connectivity index (χ3v) is 7.76. The van der Waals surface area contributed by atoms with Crippen LogP contribution in [0.15, 0.2) is 140 Å².